The molecule has 0 spiro atoms. The number of ether oxygens (including phenoxy) is 1. The highest BCUT2D eigenvalue weighted by molar-refractivity contribution is 5.40. The molecule has 6 heteroatoms. The van der Waals surface area contributed by atoms with E-state index in [4.69, 9.17) is 4.74 Å². The largest absolute Gasteiger partial charge is 0.381 e. The first-order chi connectivity index (χ1) is 11.2. The lowest BCUT2D eigenvalue weighted by Crippen LogP contribution is -2.42. The molecule has 1 aromatic rings. The monoisotopic (exact) mass is 322 g/mol. The third kappa shape index (κ3) is 4.61. The van der Waals surface area contributed by atoms with E-state index >= 15 is 0 Å². The number of alkyl halides is 1. The minimum Gasteiger partial charge on any atom is -0.381 e. The summed E-state index contributed by atoms with van der Waals surface area (Å²) in [5, 5.41) is 11.6. The average Bonchev–Trinajstić information content (AvgIpc) is 2.96. The topological polar surface area (TPSA) is 50.3 Å². The predicted octanol–water partition coefficient (Wildman–Crippen LogP) is 2.19. The van der Waals surface area contributed by atoms with Crippen molar-refractivity contribution in [2.45, 2.75) is 50.9 Å². The third-order valence-corrected chi connectivity index (χ3v) is 4.95. The van der Waals surface area contributed by atoms with E-state index in [1.54, 1.807) is 6.20 Å². The summed E-state index contributed by atoms with van der Waals surface area (Å²) in [4.78, 5) is 2.05. The van der Waals surface area contributed by atoms with Crippen molar-refractivity contribution in [1.29, 1.82) is 0 Å². The van der Waals surface area contributed by atoms with Crippen LogP contribution in [-0.4, -0.2) is 54.8 Å². The summed E-state index contributed by atoms with van der Waals surface area (Å²) in [7, 11) is 0. The SMILES string of the molecule is CC(CC1CCOCC1)NC[C@@H]1C[C@H](F)CN1c1cccnn1. The molecule has 3 heterocycles. The van der Waals surface area contributed by atoms with Crippen LogP contribution < -0.4 is 10.2 Å². The Hall–Kier alpha value is -1.27. The highest BCUT2D eigenvalue weighted by Gasteiger charge is 2.33. The Morgan fingerprint density at radius 1 is 1.43 bits per heavy atom. The highest BCUT2D eigenvalue weighted by atomic mass is 19.1. The summed E-state index contributed by atoms with van der Waals surface area (Å²) in [5.41, 5.74) is 0. The molecule has 1 N–H and O–H groups in total. The maximum absolute atomic E-state index is 13.9. The van der Waals surface area contributed by atoms with E-state index in [2.05, 4.69) is 22.4 Å². The van der Waals surface area contributed by atoms with E-state index in [1.165, 1.54) is 6.42 Å². The van der Waals surface area contributed by atoms with Gasteiger partial charge in [0.2, 0.25) is 0 Å². The fourth-order valence-electron chi connectivity index (χ4n) is 3.68. The Morgan fingerprint density at radius 3 is 3.00 bits per heavy atom. The number of halogens is 1. The van der Waals surface area contributed by atoms with Gasteiger partial charge in [0.15, 0.2) is 5.82 Å². The number of rotatable bonds is 6. The van der Waals surface area contributed by atoms with Crippen LogP contribution in [0, 0.1) is 5.92 Å². The smallest absolute Gasteiger partial charge is 0.151 e. The normalized spacial score (nSPS) is 27.3. The first-order valence-corrected chi connectivity index (χ1v) is 8.72. The van der Waals surface area contributed by atoms with Crippen LogP contribution in [0.15, 0.2) is 18.3 Å². The van der Waals surface area contributed by atoms with E-state index in [9.17, 15) is 4.39 Å². The van der Waals surface area contributed by atoms with Crippen LogP contribution in [-0.2, 0) is 4.74 Å². The van der Waals surface area contributed by atoms with Gasteiger partial charge in [0, 0.05) is 44.5 Å². The third-order valence-electron chi connectivity index (χ3n) is 4.95. The van der Waals surface area contributed by atoms with Crippen LogP contribution in [0.1, 0.15) is 32.6 Å². The number of nitrogens with zero attached hydrogens (tertiary/aromatic N) is 3. The Kier molecular flexibility index (Phi) is 5.78. The summed E-state index contributed by atoms with van der Waals surface area (Å²) in [6, 6.07) is 4.36. The molecule has 1 unspecified atom stereocenters. The summed E-state index contributed by atoms with van der Waals surface area (Å²) in [6.45, 7) is 5.22. The quantitative estimate of drug-likeness (QED) is 0.870. The first-order valence-electron chi connectivity index (χ1n) is 8.72. The molecule has 3 rings (SSSR count). The van der Waals surface area contributed by atoms with E-state index < -0.39 is 6.17 Å². The lowest BCUT2D eigenvalue weighted by Gasteiger charge is -2.29. The van der Waals surface area contributed by atoms with Crippen molar-refractivity contribution in [3.8, 4) is 0 Å². The Balaban J connectivity index is 1.49. The van der Waals surface area contributed by atoms with Gasteiger partial charge >= 0.3 is 0 Å². The molecular weight excluding hydrogens is 295 g/mol. The second-order valence-electron chi connectivity index (χ2n) is 6.82. The van der Waals surface area contributed by atoms with Crippen LogP contribution in [0.4, 0.5) is 10.2 Å². The number of hydrogen-bond acceptors (Lipinski definition) is 5. The lowest BCUT2D eigenvalue weighted by molar-refractivity contribution is 0.0611. The van der Waals surface area contributed by atoms with Crippen molar-refractivity contribution in [2.75, 3.05) is 31.2 Å². The number of hydrogen-bond donors (Lipinski definition) is 1. The van der Waals surface area contributed by atoms with Crippen molar-refractivity contribution in [3.63, 3.8) is 0 Å². The Morgan fingerprint density at radius 2 is 2.26 bits per heavy atom. The van der Waals surface area contributed by atoms with Crippen LogP contribution in [0.25, 0.3) is 0 Å². The van der Waals surface area contributed by atoms with Gasteiger partial charge in [0.05, 0.1) is 6.54 Å². The summed E-state index contributed by atoms with van der Waals surface area (Å²) in [6.07, 6.45) is 4.92. The first kappa shape index (κ1) is 16.6. The van der Waals surface area contributed by atoms with Gasteiger partial charge in [-0.25, -0.2) is 4.39 Å². The summed E-state index contributed by atoms with van der Waals surface area (Å²) in [5.74, 6) is 1.52. The fourth-order valence-corrected chi connectivity index (χ4v) is 3.68. The zero-order valence-corrected chi connectivity index (χ0v) is 13.8. The molecule has 0 radical (unpaired) electrons. The van der Waals surface area contributed by atoms with Gasteiger partial charge in [-0.1, -0.05) is 0 Å². The number of anilines is 1. The maximum Gasteiger partial charge on any atom is 0.151 e. The Bertz CT molecular complexity index is 469. The molecule has 5 nitrogen and oxygen atoms in total. The van der Waals surface area contributed by atoms with Gasteiger partial charge in [0.25, 0.3) is 0 Å². The second-order valence-corrected chi connectivity index (χ2v) is 6.82. The van der Waals surface area contributed by atoms with Gasteiger partial charge < -0.3 is 15.0 Å². The molecular formula is C17H27FN4O. The molecule has 3 atom stereocenters. The van der Waals surface area contributed by atoms with E-state index in [1.807, 2.05) is 17.0 Å². The molecule has 0 aromatic carbocycles. The molecule has 2 saturated heterocycles. The zero-order chi connectivity index (χ0) is 16.1. The molecule has 23 heavy (non-hydrogen) atoms. The highest BCUT2D eigenvalue weighted by Crippen LogP contribution is 2.25. The van der Waals surface area contributed by atoms with E-state index in [0.717, 1.165) is 44.3 Å². The maximum atomic E-state index is 13.9. The van der Waals surface area contributed by atoms with E-state index in [-0.39, 0.29) is 6.04 Å². The lowest BCUT2D eigenvalue weighted by atomic mass is 9.93. The van der Waals surface area contributed by atoms with Gasteiger partial charge in [-0.15, -0.1) is 5.10 Å². The second kappa shape index (κ2) is 8.02. The van der Waals surface area contributed by atoms with Crippen molar-refractivity contribution >= 4 is 5.82 Å². The molecule has 2 aliphatic heterocycles. The molecule has 2 fully saturated rings. The predicted molar refractivity (Wildman–Crippen MR) is 88.3 cm³/mol. The average molecular weight is 322 g/mol. The molecule has 1 aromatic heterocycles. The standard InChI is InChI=1S/C17H27FN4O/c1-13(9-14-4-7-23-8-5-14)19-11-16-10-15(18)12-22(16)17-3-2-6-20-21-17/h2-3,6,13-16,19H,4-5,7-12H2,1H3/t13?,15-,16-/m0/s1. The summed E-state index contributed by atoms with van der Waals surface area (Å²) < 4.78 is 19.3. The molecule has 0 saturated carbocycles. The van der Waals surface area contributed by atoms with Gasteiger partial charge in [-0.05, 0) is 44.2 Å². The zero-order valence-electron chi connectivity index (χ0n) is 13.8. The molecule has 0 aliphatic carbocycles. The molecule has 128 valence electrons. The fraction of sp³-hybridized carbons (Fsp3) is 0.765. The molecule has 2 aliphatic rings. The molecule has 0 bridgehead atoms. The van der Waals surface area contributed by atoms with Crippen molar-refractivity contribution < 1.29 is 9.13 Å². The van der Waals surface area contributed by atoms with Crippen LogP contribution in [0.5, 0.6) is 0 Å². The van der Waals surface area contributed by atoms with Crippen molar-refractivity contribution in [1.82, 2.24) is 15.5 Å². The number of nitrogens with one attached hydrogen (secondary N) is 1. The minimum atomic E-state index is -0.783. The van der Waals surface area contributed by atoms with Gasteiger partial charge in [-0.3, -0.25) is 0 Å². The minimum absolute atomic E-state index is 0.152. The molecule has 0 amide bonds. The van der Waals surface area contributed by atoms with Crippen molar-refractivity contribution in [2.24, 2.45) is 5.92 Å². The van der Waals surface area contributed by atoms with Crippen LogP contribution in [0.2, 0.25) is 0 Å². The van der Waals surface area contributed by atoms with Crippen LogP contribution in [0.3, 0.4) is 0 Å². The van der Waals surface area contributed by atoms with Gasteiger partial charge in [0.1, 0.15) is 6.17 Å². The number of aromatic nitrogens is 2. The van der Waals surface area contributed by atoms with E-state index in [0.29, 0.717) is 19.0 Å². The Labute approximate surface area is 137 Å². The van der Waals surface area contributed by atoms with Gasteiger partial charge in [-0.2, -0.15) is 5.10 Å². The summed E-state index contributed by atoms with van der Waals surface area (Å²) >= 11 is 0. The van der Waals surface area contributed by atoms with Crippen LogP contribution >= 0.6 is 0 Å². The van der Waals surface area contributed by atoms with Crippen molar-refractivity contribution in [3.05, 3.63) is 18.3 Å².